The number of amides is 1. The number of carbonyl (C=O) groups is 1. The Hall–Kier alpha value is -2.33. The van der Waals surface area contributed by atoms with E-state index >= 15 is 0 Å². The van der Waals surface area contributed by atoms with Crippen molar-refractivity contribution in [1.82, 2.24) is 4.90 Å². The molecule has 0 saturated carbocycles. The van der Waals surface area contributed by atoms with E-state index in [0.29, 0.717) is 5.75 Å². The van der Waals surface area contributed by atoms with Crippen molar-refractivity contribution in [2.75, 3.05) is 19.0 Å². The fourth-order valence-corrected chi connectivity index (χ4v) is 3.17. The van der Waals surface area contributed by atoms with Crippen molar-refractivity contribution < 1.29 is 9.53 Å². The van der Waals surface area contributed by atoms with E-state index in [9.17, 15) is 4.79 Å². The van der Waals surface area contributed by atoms with Crippen molar-refractivity contribution in [1.29, 1.82) is 0 Å². The summed E-state index contributed by atoms with van der Waals surface area (Å²) >= 11 is 0. The van der Waals surface area contributed by atoms with Crippen LogP contribution < -0.4 is 10.1 Å². The van der Waals surface area contributed by atoms with Crippen molar-refractivity contribution >= 4 is 11.6 Å². The van der Waals surface area contributed by atoms with E-state index < -0.39 is 0 Å². The third kappa shape index (κ3) is 3.44. The van der Waals surface area contributed by atoms with Crippen LogP contribution in [-0.2, 0) is 17.8 Å². The molecule has 1 atom stereocenters. The zero-order chi connectivity index (χ0) is 17.1. The van der Waals surface area contributed by atoms with E-state index in [0.717, 1.165) is 30.8 Å². The second-order valence-electron chi connectivity index (χ2n) is 6.36. The molecule has 1 heterocycles. The third-order valence-electron chi connectivity index (χ3n) is 4.70. The maximum absolute atomic E-state index is 12.7. The summed E-state index contributed by atoms with van der Waals surface area (Å²) in [5, 5.41) is 3.02. The molecule has 2 aromatic carbocycles. The van der Waals surface area contributed by atoms with Crippen LogP contribution in [0.1, 0.15) is 23.6 Å². The number of carbonyl (C=O) groups excluding carboxylic acids is 1. The fraction of sp³-hybridized carbons (Fsp3) is 0.350. The molecule has 4 heteroatoms. The Morgan fingerprint density at radius 1 is 1.21 bits per heavy atom. The summed E-state index contributed by atoms with van der Waals surface area (Å²) in [7, 11) is 1.62. The van der Waals surface area contributed by atoms with E-state index in [4.69, 9.17) is 4.74 Å². The predicted octanol–water partition coefficient (Wildman–Crippen LogP) is 3.39. The van der Waals surface area contributed by atoms with Gasteiger partial charge in [-0.2, -0.15) is 0 Å². The van der Waals surface area contributed by atoms with Crippen molar-refractivity contribution in [3.05, 3.63) is 59.2 Å². The number of aryl methyl sites for hydroxylation is 1. The highest BCUT2D eigenvalue weighted by Gasteiger charge is 2.25. The molecule has 1 aliphatic rings. The van der Waals surface area contributed by atoms with Crippen LogP contribution in [0.4, 0.5) is 5.69 Å². The standard InChI is InChI=1S/C20H24N2O2/c1-14-8-9-19(24-3)18(12-14)21-20(23)15(2)22-11-10-16-6-4-5-7-17(16)13-22/h4-9,12,15H,10-11,13H2,1-3H3,(H,21,23)/t15-/m0/s1. The third-order valence-corrected chi connectivity index (χ3v) is 4.70. The number of benzene rings is 2. The number of fused-ring (bicyclic) bond motifs is 1. The molecule has 126 valence electrons. The number of nitrogens with one attached hydrogen (secondary N) is 1. The van der Waals surface area contributed by atoms with Crippen LogP contribution in [0.2, 0.25) is 0 Å². The van der Waals surface area contributed by atoms with E-state index in [1.54, 1.807) is 7.11 Å². The van der Waals surface area contributed by atoms with Gasteiger partial charge >= 0.3 is 0 Å². The highest BCUT2D eigenvalue weighted by molar-refractivity contribution is 5.96. The molecule has 0 spiro atoms. The summed E-state index contributed by atoms with van der Waals surface area (Å²) in [4.78, 5) is 14.9. The van der Waals surface area contributed by atoms with Crippen LogP contribution in [0.15, 0.2) is 42.5 Å². The van der Waals surface area contributed by atoms with Gasteiger partial charge < -0.3 is 10.1 Å². The zero-order valence-corrected chi connectivity index (χ0v) is 14.5. The lowest BCUT2D eigenvalue weighted by Gasteiger charge is -2.33. The lowest BCUT2D eigenvalue weighted by Crippen LogP contribution is -2.44. The first-order chi connectivity index (χ1) is 11.6. The number of methoxy groups -OCH3 is 1. The molecule has 2 aromatic rings. The van der Waals surface area contributed by atoms with Crippen molar-refractivity contribution in [2.45, 2.75) is 32.9 Å². The number of rotatable bonds is 4. The lowest BCUT2D eigenvalue weighted by molar-refractivity contribution is -0.121. The summed E-state index contributed by atoms with van der Waals surface area (Å²) in [5.41, 5.74) is 4.52. The summed E-state index contributed by atoms with van der Waals surface area (Å²) in [5.74, 6) is 0.684. The van der Waals surface area contributed by atoms with Crippen molar-refractivity contribution in [3.63, 3.8) is 0 Å². The van der Waals surface area contributed by atoms with Gasteiger partial charge in [0, 0.05) is 13.1 Å². The molecule has 24 heavy (non-hydrogen) atoms. The quantitative estimate of drug-likeness (QED) is 0.937. The van der Waals surface area contributed by atoms with Gasteiger partial charge in [0.1, 0.15) is 5.75 Å². The molecule has 0 unspecified atom stereocenters. The molecule has 1 N–H and O–H groups in total. The van der Waals surface area contributed by atoms with E-state index in [-0.39, 0.29) is 11.9 Å². The predicted molar refractivity (Wildman–Crippen MR) is 96.4 cm³/mol. The van der Waals surface area contributed by atoms with Crippen molar-refractivity contribution in [3.8, 4) is 5.75 Å². The molecule has 0 aliphatic carbocycles. The highest BCUT2D eigenvalue weighted by atomic mass is 16.5. The van der Waals surface area contributed by atoms with Crippen LogP contribution in [0, 0.1) is 6.92 Å². The van der Waals surface area contributed by atoms with Gasteiger partial charge in [0.25, 0.3) is 0 Å². The maximum Gasteiger partial charge on any atom is 0.241 e. The molecule has 0 saturated heterocycles. The smallest absolute Gasteiger partial charge is 0.241 e. The first-order valence-corrected chi connectivity index (χ1v) is 8.35. The topological polar surface area (TPSA) is 41.6 Å². The molecule has 0 radical (unpaired) electrons. The van der Waals surface area contributed by atoms with E-state index in [1.807, 2.05) is 32.0 Å². The van der Waals surface area contributed by atoms with E-state index in [2.05, 4.69) is 34.5 Å². The Kier molecular flexibility index (Phi) is 4.86. The number of ether oxygens (including phenoxy) is 1. The average molecular weight is 324 g/mol. The van der Waals surface area contributed by atoms with Gasteiger partial charge in [-0.05, 0) is 49.1 Å². The minimum atomic E-state index is -0.191. The molecule has 4 nitrogen and oxygen atoms in total. The normalized spacial score (nSPS) is 15.5. The minimum absolute atomic E-state index is 0.00159. The largest absolute Gasteiger partial charge is 0.495 e. The lowest BCUT2D eigenvalue weighted by atomic mass is 9.99. The van der Waals surface area contributed by atoms with Gasteiger partial charge in [0.2, 0.25) is 5.91 Å². The number of anilines is 1. The molecule has 0 fully saturated rings. The Labute approximate surface area is 143 Å². The summed E-state index contributed by atoms with van der Waals surface area (Å²) in [6.45, 7) is 5.68. The van der Waals surface area contributed by atoms with Crippen LogP contribution >= 0.6 is 0 Å². The molecule has 3 rings (SSSR count). The first kappa shape index (κ1) is 16.5. The van der Waals surface area contributed by atoms with E-state index in [1.165, 1.54) is 11.1 Å². The van der Waals surface area contributed by atoms with Gasteiger partial charge in [0.15, 0.2) is 0 Å². The number of hydrogen-bond acceptors (Lipinski definition) is 3. The zero-order valence-electron chi connectivity index (χ0n) is 14.5. The SMILES string of the molecule is COc1ccc(C)cc1NC(=O)[C@H](C)N1CCc2ccccc2C1. The van der Waals surface area contributed by atoms with Crippen LogP contribution in [-0.4, -0.2) is 30.5 Å². The molecular weight excluding hydrogens is 300 g/mol. The summed E-state index contributed by atoms with van der Waals surface area (Å²) in [6.07, 6.45) is 0.988. The fourth-order valence-electron chi connectivity index (χ4n) is 3.17. The Balaban J connectivity index is 1.71. The number of nitrogens with zero attached hydrogens (tertiary/aromatic N) is 1. The molecule has 0 bridgehead atoms. The van der Waals surface area contributed by atoms with Gasteiger partial charge in [-0.1, -0.05) is 30.3 Å². The van der Waals surface area contributed by atoms with Crippen LogP contribution in [0.5, 0.6) is 5.75 Å². The minimum Gasteiger partial charge on any atom is -0.495 e. The molecule has 1 amide bonds. The van der Waals surface area contributed by atoms with Crippen LogP contribution in [0.3, 0.4) is 0 Å². The van der Waals surface area contributed by atoms with Gasteiger partial charge in [-0.25, -0.2) is 0 Å². The summed E-state index contributed by atoms with van der Waals surface area (Å²) < 4.78 is 5.34. The second kappa shape index (κ2) is 7.05. The molecule has 1 aliphatic heterocycles. The first-order valence-electron chi connectivity index (χ1n) is 8.35. The monoisotopic (exact) mass is 324 g/mol. The Morgan fingerprint density at radius 2 is 1.96 bits per heavy atom. The molecular formula is C20H24N2O2. The van der Waals surface area contributed by atoms with Crippen LogP contribution in [0.25, 0.3) is 0 Å². The van der Waals surface area contributed by atoms with Crippen molar-refractivity contribution in [2.24, 2.45) is 0 Å². The highest BCUT2D eigenvalue weighted by Crippen LogP contribution is 2.26. The molecule has 0 aromatic heterocycles. The summed E-state index contributed by atoms with van der Waals surface area (Å²) in [6, 6.07) is 14.1. The Morgan fingerprint density at radius 3 is 2.71 bits per heavy atom. The van der Waals surface area contributed by atoms with Gasteiger partial charge in [0.05, 0.1) is 18.8 Å². The number of hydrogen-bond donors (Lipinski definition) is 1. The van der Waals surface area contributed by atoms with Gasteiger partial charge in [-0.15, -0.1) is 0 Å². The van der Waals surface area contributed by atoms with Gasteiger partial charge in [-0.3, -0.25) is 9.69 Å². The maximum atomic E-state index is 12.7. The Bertz CT molecular complexity index is 742. The average Bonchev–Trinajstić information content (AvgIpc) is 2.61. The second-order valence-corrected chi connectivity index (χ2v) is 6.36.